The van der Waals surface area contributed by atoms with Crippen LogP contribution in [0.3, 0.4) is 0 Å². The number of hydrogen-bond donors (Lipinski definition) is 1. The molecule has 40 heavy (non-hydrogen) atoms. The molecule has 1 fully saturated rings. The van der Waals surface area contributed by atoms with Gasteiger partial charge in [0.05, 0.1) is 15.7 Å². The first kappa shape index (κ1) is 51.7. The molecule has 1 N–H and O–H groups in total. The lowest BCUT2D eigenvalue weighted by Crippen LogP contribution is -2.11. The molecular formula is C33H70ClFN4S. The van der Waals surface area contributed by atoms with Crippen LogP contribution in [0.4, 0.5) is 4.39 Å². The summed E-state index contributed by atoms with van der Waals surface area (Å²) >= 11 is 7.26. The summed E-state index contributed by atoms with van der Waals surface area (Å²) in [6.07, 6.45) is 4.08. The second kappa shape index (κ2) is 42.4. The minimum atomic E-state index is -0.350. The van der Waals surface area contributed by atoms with E-state index in [1.54, 1.807) is 30.4 Å². The van der Waals surface area contributed by atoms with Crippen LogP contribution in [0.15, 0.2) is 18.2 Å². The van der Waals surface area contributed by atoms with Gasteiger partial charge < -0.3 is 15.1 Å². The topological polar surface area (TPSA) is 31.4 Å². The minimum Gasteiger partial charge on any atom is -0.323 e. The van der Waals surface area contributed by atoms with Crippen molar-refractivity contribution in [2.75, 3.05) is 54.9 Å². The van der Waals surface area contributed by atoms with Gasteiger partial charge in [-0.25, -0.2) is 9.37 Å². The van der Waals surface area contributed by atoms with Gasteiger partial charge in [-0.3, -0.25) is 0 Å². The standard InChI is InChI=1S/C7H6ClF.C6H9NS.C5H11N.C5H13N.C2H7N.4C2H6/c1-5-3-2-4-6(9)7(5)8;1-4-5(2)8-6(3)7-4;1-6-4-2-3-5-6;1-4-5-6(2)3;1-3-2;4*1-2/h2-4H,1H3;1-3H3;2-5H2,1H3;4-5H2,1-3H3;3H,1-2H3;4*1-2H3. The maximum Gasteiger partial charge on any atom is 0.142 e. The molecule has 1 aliphatic heterocycles. The van der Waals surface area contributed by atoms with E-state index in [2.05, 4.69) is 55.1 Å². The Balaban J connectivity index is -0.0000000870. The van der Waals surface area contributed by atoms with E-state index >= 15 is 0 Å². The van der Waals surface area contributed by atoms with Crippen molar-refractivity contribution in [3.05, 3.63) is 50.2 Å². The molecule has 0 aliphatic carbocycles. The van der Waals surface area contributed by atoms with Crippen molar-refractivity contribution < 1.29 is 4.39 Å². The summed E-state index contributed by atoms with van der Waals surface area (Å²) in [6, 6.07) is 4.75. The third-order valence-corrected chi connectivity index (χ3v) is 5.75. The number of thiazole rings is 1. The fraction of sp³-hybridized carbons (Fsp3) is 0.727. The van der Waals surface area contributed by atoms with E-state index in [4.69, 9.17) is 11.6 Å². The molecule has 0 spiro atoms. The van der Waals surface area contributed by atoms with Crippen molar-refractivity contribution in [3.8, 4) is 0 Å². The largest absolute Gasteiger partial charge is 0.323 e. The van der Waals surface area contributed by atoms with Crippen molar-refractivity contribution >= 4 is 22.9 Å². The predicted octanol–water partition coefficient (Wildman–Crippen LogP) is 10.5. The normalized spacial score (nSPS) is 10.5. The Morgan fingerprint density at radius 2 is 1.35 bits per heavy atom. The average molecular weight is 609 g/mol. The highest BCUT2D eigenvalue weighted by molar-refractivity contribution is 7.11. The molecule has 0 atom stereocenters. The van der Waals surface area contributed by atoms with Crippen LogP contribution < -0.4 is 5.32 Å². The van der Waals surface area contributed by atoms with E-state index in [9.17, 15) is 4.39 Å². The smallest absolute Gasteiger partial charge is 0.142 e. The summed E-state index contributed by atoms with van der Waals surface area (Å²) in [4.78, 5) is 10.1. The zero-order valence-electron chi connectivity index (χ0n) is 30.0. The second-order valence-electron chi connectivity index (χ2n) is 8.06. The number of rotatable bonds is 2. The Bertz CT molecular complexity index is 664. The lowest BCUT2D eigenvalue weighted by atomic mass is 10.2. The molecule has 0 unspecified atom stereocenters. The van der Waals surface area contributed by atoms with E-state index in [1.807, 2.05) is 83.3 Å². The van der Waals surface area contributed by atoms with E-state index in [0.717, 1.165) is 5.56 Å². The SMILES string of the molecule is CC.CC.CC.CC.CCCN(C)C.CN1CCCC1.CNC.Cc1cccc(F)c1Cl.Cc1nc(C)c(C)s1. The Morgan fingerprint density at radius 3 is 1.50 bits per heavy atom. The summed E-state index contributed by atoms with van der Waals surface area (Å²) in [5.41, 5.74) is 1.95. The molecule has 242 valence electrons. The van der Waals surface area contributed by atoms with E-state index in [0.29, 0.717) is 0 Å². The molecule has 1 aromatic heterocycles. The quantitative estimate of drug-likeness (QED) is 0.367. The summed E-state index contributed by atoms with van der Waals surface area (Å²) in [5.74, 6) is -0.350. The summed E-state index contributed by atoms with van der Waals surface area (Å²) in [5, 5.41) is 4.14. The van der Waals surface area contributed by atoms with Gasteiger partial charge in [-0.2, -0.15) is 0 Å². The Morgan fingerprint density at radius 1 is 0.925 bits per heavy atom. The number of nitrogens with zero attached hydrogens (tertiary/aromatic N) is 3. The van der Waals surface area contributed by atoms with Crippen LogP contribution in [-0.4, -0.2) is 69.7 Å². The molecule has 2 aromatic rings. The van der Waals surface area contributed by atoms with Crippen LogP contribution in [0.25, 0.3) is 0 Å². The number of nitrogens with one attached hydrogen (secondary N) is 1. The van der Waals surface area contributed by atoms with Crippen LogP contribution in [0.1, 0.15) is 103 Å². The highest BCUT2D eigenvalue weighted by Crippen LogP contribution is 2.17. The average Bonchev–Trinajstić information content (AvgIpc) is 3.55. The number of hydrogen-bond acceptors (Lipinski definition) is 5. The lowest BCUT2D eigenvalue weighted by molar-refractivity contribution is 0.408. The van der Waals surface area contributed by atoms with Crippen molar-refractivity contribution in [1.29, 1.82) is 0 Å². The van der Waals surface area contributed by atoms with Gasteiger partial charge in [0, 0.05) is 4.88 Å². The molecule has 3 rings (SSSR count). The molecule has 1 aliphatic rings. The summed E-state index contributed by atoms with van der Waals surface area (Å²) in [6.45, 7) is 30.0. The zero-order valence-corrected chi connectivity index (χ0v) is 31.6. The molecule has 1 aromatic carbocycles. The maximum absolute atomic E-state index is 12.4. The van der Waals surface area contributed by atoms with Gasteiger partial charge in [0.15, 0.2) is 0 Å². The third kappa shape index (κ3) is 39.1. The molecule has 0 radical (unpaired) electrons. The molecule has 0 bridgehead atoms. The van der Waals surface area contributed by atoms with Gasteiger partial charge >= 0.3 is 0 Å². The van der Waals surface area contributed by atoms with E-state index in [-0.39, 0.29) is 10.8 Å². The second-order valence-corrected chi connectivity index (χ2v) is 9.84. The van der Waals surface area contributed by atoms with Crippen molar-refractivity contribution in [3.63, 3.8) is 0 Å². The van der Waals surface area contributed by atoms with Gasteiger partial charge in [0.25, 0.3) is 0 Å². The van der Waals surface area contributed by atoms with Crippen LogP contribution in [-0.2, 0) is 0 Å². The van der Waals surface area contributed by atoms with Crippen LogP contribution in [0.2, 0.25) is 5.02 Å². The summed E-state index contributed by atoms with van der Waals surface area (Å²) < 4.78 is 12.4. The number of likely N-dealkylation sites (tertiary alicyclic amines) is 1. The van der Waals surface area contributed by atoms with E-state index in [1.165, 1.54) is 60.5 Å². The van der Waals surface area contributed by atoms with Gasteiger partial charge in [-0.15, -0.1) is 11.3 Å². The predicted molar refractivity (Wildman–Crippen MR) is 188 cm³/mol. The minimum absolute atomic E-state index is 0.220. The summed E-state index contributed by atoms with van der Waals surface area (Å²) in [7, 11) is 10.1. The lowest BCUT2D eigenvalue weighted by Gasteiger charge is -2.03. The van der Waals surface area contributed by atoms with Crippen molar-refractivity contribution in [2.24, 2.45) is 0 Å². The highest BCUT2D eigenvalue weighted by atomic mass is 35.5. The molecule has 1 saturated heterocycles. The molecule has 7 heteroatoms. The first-order chi connectivity index (χ1) is 19.0. The number of benzene rings is 1. The fourth-order valence-corrected chi connectivity index (χ4v) is 3.51. The first-order valence-electron chi connectivity index (χ1n) is 15.2. The van der Waals surface area contributed by atoms with Gasteiger partial charge in [0.2, 0.25) is 0 Å². The molecular weight excluding hydrogens is 539 g/mol. The van der Waals surface area contributed by atoms with E-state index < -0.39 is 0 Å². The Hall–Kier alpha value is -1.05. The van der Waals surface area contributed by atoms with Crippen LogP contribution >= 0.6 is 22.9 Å². The number of halogens is 2. The first-order valence-corrected chi connectivity index (χ1v) is 16.4. The highest BCUT2D eigenvalue weighted by Gasteiger charge is 2.03. The number of aromatic nitrogens is 1. The van der Waals surface area contributed by atoms with Crippen LogP contribution in [0, 0.1) is 33.5 Å². The molecule has 4 nitrogen and oxygen atoms in total. The van der Waals surface area contributed by atoms with Crippen molar-refractivity contribution in [1.82, 2.24) is 20.1 Å². The van der Waals surface area contributed by atoms with Gasteiger partial charge in [-0.1, -0.05) is 86.0 Å². The van der Waals surface area contributed by atoms with Gasteiger partial charge in [0.1, 0.15) is 5.82 Å². The number of aryl methyl sites for hydroxylation is 4. The van der Waals surface area contributed by atoms with Gasteiger partial charge in [-0.05, 0) is 113 Å². The van der Waals surface area contributed by atoms with Crippen LogP contribution in [0.5, 0.6) is 0 Å². The fourth-order valence-electron chi connectivity index (χ4n) is 2.57. The molecule has 0 saturated carbocycles. The monoisotopic (exact) mass is 608 g/mol. The third-order valence-electron chi connectivity index (χ3n) is 4.28. The molecule has 2 heterocycles. The Kier molecular flexibility index (Phi) is 54.8. The zero-order chi connectivity index (χ0) is 33.1. The Labute approximate surface area is 261 Å². The maximum atomic E-state index is 12.4. The molecule has 0 amide bonds. The van der Waals surface area contributed by atoms with Crippen molar-refractivity contribution in [2.45, 2.75) is 109 Å².